The number of aromatic nitrogens is 5. The fourth-order valence-corrected chi connectivity index (χ4v) is 5.31. The predicted octanol–water partition coefficient (Wildman–Crippen LogP) is 3.45. The number of nitrogen functional groups attached to an aromatic ring is 1. The minimum atomic E-state index is -3.34. The largest absolute Gasteiger partial charge is 0.443 e. The highest BCUT2D eigenvalue weighted by Crippen LogP contribution is 2.31. The van der Waals surface area contributed by atoms with Gasteiger partial charge in [-0.3, -0.25) is 0 Å². The standard InChI is InChI=1S/C28H39N9O6S/c1-8-44(40,41)35-15-13-34(14-16-35)22-17-30-24(37(25(38)42-27(2,3)4)26(39)43-28(5,6)7)23(31-22)21-18-36(33-32-21)20-11-9-19(29)10-12-20/h9-12,17-18H,8,13-16,29H2,1-7H3. The number of benzene rings is 1. The number of carbonyl (C=O) groups excluding carboxylic acids is 2. The van der Waals surface area contributed by atoms with Gasteiger partial charge in [-0.15, -0.1) is 5.10 Å². The molecule has 2 amide bonds. The lowest BCUT2D eigenvalue weighted by molar-refractivity contribution is 0.0429. The molecule has 15 nitrogen and oxygen atoms in total. The third-order valence-electron chi connectivity index (χ3n) is 6.32. The van der Waals surface area contributed by atoms with E-state index in [9.17, 15) is 18.0 Å². The van der Waals surface area contributed by atoms with Crippen molar-refractivity contribution in [1.82, 2.24) is 29.3 Å². The number of sulfonamides is 1. The molecule has 0 unspecified atom stereocenters. The summed E-state index contributed by atoms with van der Waals surface area (Å²) in [6, 6.07) is 6.95. The highest BCUT2D eigenvalue weighted by molar-refractivity contribution is 7.89. The Labute approximate surface area is 257 Å². The van der Waals surface area contributed by atoms with Crippen LogP contribution in [-0.2, 0) is 19.5 Å². The maximum absolute atomic E-state index is 13.5. The number of amides is 2. The first-order valence-electron chi connectivity index (χ1n) is 14.1. The van der Waals surface area contributed by atoms with Crippen LogP contribution >= 0.6 is 0 Å². The SMILES string of the molecule is CCS(=O)(=O)N1CCN(c2cnc(N(C(=O)OC(C)(C)C)C(=O)OC(C)(C)C)c(-c3cn(-c4ccc(N)cc4)nn3)n2)CC1. The van der Waals surface area contributed by atoms with Crippen molar-refractivity contribution in [3.8, 4) is 17.1 Å². The van der Waals surface area contributed by atoms with Gasteiger partial charge < -0.3 is 20.1 Å². The third-order valence-corrected chi connectivity index (χ3v) is 8.20. The highest BCUT2D eigenvalue weighted by Gasteiger charge is 2.37. The van der Waals surface area contributed by atoms with E-state index < -0.39 is 33.4 Å². The van der Waals surface area contributed by atoms with Crippen molar-refractivity contribution >= 4 is 39.5 Å². The molecule has 3 heterocycles. The van der Waals surface area contributed by atoms with Crippen molar-refractivity contribution in [2.45, 2.75) is 59.7 Å². The first kappa shape index (κ1) is 32.6. The number of nitrogens with two attached hydrogens (primary N) is 1. The summed E-state index contributed by atoms with van der Waals surface area (Å²) in [5.74, 6) is 0.238. The van der Waals surface area contributed by atoms with Crippen molar-refractivity contribution in [2.24, 2.45) is 0 Å². The van der Waals surface area contributed by atoms with E-state index in [1.807, 2.05) is 4.90 Å². The van der Waals surface area contributed by atoms with Gasteiger partial charge in [-0.25, -0.2) is 32.7 Å². The van der Waals surface area contributed by atoms with E-state index in [1.54, 1.807) is 78.9 Å². The molecule has 238 valence electrons. The lowest BCUT2D eigenvalue weighted by Gasteiger charge is -2.34. The Morgan fingerprint density at radius 2 is 1.52 bits per heavy atom. The first-order chi connectivity index (χ1) is 20.5. The Balaban J connectivity index is 1.81. The van der Waals surface area contributed by atoms with E-state index in [1.165, 1.54) is 15.2 Å². The lowest BCUT2D eigenvalue weighted by Crippen LogP contribution is -2.49. The second kappa shape index (κ2) is 12.4. The Morgan fingerprint density at radius 3 is 2.05 bits per heavy atom. The zero-order valence-corrected chi connectivity index (χ0v) is 26.8. The summed E-state index contributed by atoms with van der Waals surface area (Å²) in [6.07, 6.45) is 0.963. The molecule has 1 aromatic carbocycles. The molecule has 3 aromatic rings. The molecule has 44 heavy (non-hydrogen) atoms. The van der Waals surface area contributed by atoms with Crippen LogP contribution in [0.15, 0.2) is 36.7 Å². The Hall–Kier alpha value is -4.31. The fraction of sp³-hybridized carbons (Fsp3) is 0.500. The molecule has 1 saturated heterocycles. The Morgan fingerprint density at radius 1 is 0.955 bits per heavy atom. The molecular formula is C28H39N9O6S. The van der Waals surface area contributed by atoms with Gasteiger partial charge >= 0.3 is 12.2 Å². The number of ether oxygens (including phenoxy) is 2. The monoisotopic (exact) mass is 629 g/mol. The van der Waals surface area contributed by atoms with Gasteiger partial charge in [0.1, 0.15) is 28.4 Å². The molecular weight excluding hydrogens is 590 g/mol. The van der Waals surface area contributed by atoms with Crippen molar-refractivity contribution in [3.05, 3.63) is 36.7 Å². The molecule has 16 heteroatoms. The number of hydrogen-bond donors (Lipinski definition) is 1. The molecule has 0 bridgehead atoms. The second-order valence-corrected chi connectivity index (χ2v) is 14.4. The second-order valence-electron chi connectivity index (χ2n) is 12.1. The summed E-state index contributed by atoms with van der Waals surface area (Å²) >= 11 is 0. The number of imide groups is 1. The summed E-state index contributed by atoms with van der Waals surface area (Å²) in [7, 11) is -3.34. The summed E-state index contributed by atoms with van der Waals surface area (Å²) in [6.45, 7) is 12.9. The minimum absolute atomic E-state index is 0.0144. The molecule has 0 atom stereocenters. The number of piperazine rings is 1. The van der Waals surface area contributed by atoms with E-state index in [0.29, 0.717) is 35.2 Å². The van der Waals surface area contributed by atoms with Gasteiger partial charge in [0, 0.05) is 31.9 Å². The molecule has 1 fully saturated rings. The van der Waals surface area contributed by atoms with Gasteiger partial charge in [-0.1, -0.05) is 5.21 Å². The van der Waals surface area contributed by atoms with Crippen molar-refractivity contribution in [1.29, 1.82) is 0 Å². The van der Waals surface area contributed by atoms with Gasteiger partial charge in [-0.2, -0.15) is 9.21 Å². The van der Waals surface area contributed by atoms with Crippen LogP contribution in [0, 0.1) is 0 Å². The van der Waals surface area contributed by atoms with Gasteiger partial charge in [0.25, 0.3) is 0 Å². The normalized spacial score (nSPS) is 14.8. The van der Waals surface area contributed by atoms with Crippen molar-refractivity contribution in [3.63, 3.8) is 0 Å². The molecule has 2 N–H and O–H groups in total. The van der Waals surface area contributed by atoms with Crippen LogP contribution in [0.5, 0.6) is 0 Å². The Kier molecular flexibility index (Phi) is 9.16. The first-order valence-corrected chi connectivity index (χ1v) is 15.7. The number of nitrogens with zero attached hydrogens (tertiary/aromatic N) is 8. The van der Waals surface area contributed by atoms with E-state index in [0.717, 1.165) is 0 Å². The summed E-state index contributed by atoms with van der Waals surface area (Å²) in [5.41, 5.74) is 5.44. The molecule has 0 spiro atoms. The molecule has 1 aliphatic heterocycles. The number of hydrogen-bond acceptors (Lipinski definition) is 12. The highest BCUT2D eigenvalue weighted by atomic mass is 32.2. The van der Waals surface area contributed by atoms with Gasteiger partial charge in [0.2, 0.25) is 10.0 Å². The van der Waals surface area contributed by atoms with Crippen LogP contribution in [-0.4, -0.2) is 93.0 Å². The number of carbonyl (C=O) groups is 2. The minimum Gasteiger partial charge on any atom is -0.443 e. The molecule has 0 radical (unpaired) electrons. The fourth-order valence-electron chi connectivity index (χ4n) is 4.23. The van der Waals surface area contributed by atoms with E-state index in [4.69, 9.17) is 20.2 Å². The number of anilines is 3. The molecule has 0 aliphatic carbocycles. The van der Waals surface area contributed by atoms with Gasteiger partial charge in [0.15, 0.2) is 5.82 Å². The van der Waals surface area contributed by atoms with Crippen LogP contribution in [0.4, 0.5) is 26.9 Å². The summed E-state index contributed by atoms with van der Waals surface area (Å²) in [4.78, 5) is 38.8. The quantitative estimate of drug-likeness (QED) is 0.393. The molecule has 1 aliphatic rings. The summed E-state index contributed by atoms with van der Waals surface area (Å²) < 4.78 is 38.8. The van der Waals surface area contributed by atoms with Gasteiger partial charge in [-0.05, 0) is 72.7 Å². The average molecular weight is 630 g/mol. The van der Waals surface area contributed by atoms with Crippen LogP contribution in [0.25, 0.3) is 17.1 Å². The van der Waals surface area contributed by atoms with E-state index >= 15 is 0 Å². The van der Waals surface area contributed by atoms with E-state index in [2.05, 4.69) is 15.3 Å². The zero-order valence-electron chi connectivity index (χ0n) is 26.0. The van der Waals surface area contributed by atoms with Gasteiger partial charge in [0.05, 0.1) is 23.8 Å². The van der Waals surface area contributed by atoms with Crippen LogP contribution in [0.3, 0.4) is 0 Å². The zero-order chi connectivity index (χ0) is 32.4. The lowest BCUT2D eigenvalue weighted by atomic mass is 10.2. The number of rotatable bonds is 6. The third kappa shape index (κ3) is 7.79. The van der Waals surface area contributed by atoms with Crippen LogP contribution in [0.2, 0.25) is 0 Å². The van der Waals surface area contributed by atoms with Crippen molar-refractivity contribution < 1.29 is 27.5 Å². The average Bonchev–Trinajstić information content (AvgIpc) is 3.42. The van der Waals surface area contributed by atoms with Crippen molar-refractivity contribution in [2.75, 3.05) is 47.5 Å². The van der Waals surface area contributed by atoms with Crippen LogP contribution < -0.4 is 15.5 Å². The van der Waals surface area contributed by atoms with E-state index in [-0.39, 0.29) is 36.0 Å². The molecule has 2 aromatic heterocycles. The maximum atomic E-state index is 13.5. The molecule has 4 rings (SSSR count). The summed E-state index contributed by atoms with van der Waals surface area (Å²) in [5, 5.41) is 8.49. The maximum Gasteiger partial charge on any atom is 0.425 e. The topological polar surface area (TPSA) is 179 Å². The smallest absolute Gasteiger partial charge is 0.425 e. The molecule has 0 saturated carbocycles. The Bertz CT molecular complexity index is 1580. The van der Waals surface area contributed by atoms with Crippen LogP contribution in [0.1, 0.15) is 48.5 Å². The predicted molar refractivity (Wildman–Crippen MR) is 165 cm³/mol.